The van der Waals surface area contributed by atoms with Crippen LogP contribution in [-0.4, -0.2) is 79.0 Å². The number of benzene rings is 1. The molecule has 1 aliphatic rings. The predicted octanol–water partition coefficient (Wildman–Crippen LogP) is 3.47. The summed E-state index contributed by atoms with van der Waals surface area (Å²) in [6.45, 7) is 8.45. The Morgan fingerprint density at radius 3 is 2.85 bits per heavy atom. The van der Waals surface area contributed by atoms with E-state index in [1.165, 1.54) is 10.6 Å². The number of nitrogens with zero attached hydrogens (tertiary/aromatic N) is 5. The predicted molar refractivity (Wildman–Crippen MR) is 152 cm³/mol. The van der Waals surface area contributed by atoms with Crippen LogP contribution in [0.5, 0.6) is 0 Å². The fraction of sp³-hybridized carbons (Fsp3) is 0.379. The highest BCUT2D eigenvalue weighted by molar-refractivity contribution is 6.05. The van der Waals surface area contributed by atoms with Gasteiger partial charge >= 0.3 is 0 Å². The molecule has 1 amide bonds. The first kappa shape index (κ1) is 28.2. The third-order valence-corrected chi connectivity index (χ3v) is 7.01. The second-order valence-corrected chi connectivity index (χ2v) is 11.0. The standard InChI is InChI=1S/C29H34FN7O4/c1-5-26(38)37-23-8-6-7-21(32-22-10-11-35(4)16-20(22)30)19(23)13-24(37)27-33-25(41-34-27)14-31-28(39)18-9-12-36(15-18)17-29(2,3)40/h5-9,12-13,15,20,22,32,40H,1,10-11,14,16-17H2,2-4H3,(H,31,39). The molecular weight excluding hydrogens is 529 g/mol. The van der Waals surface area contributed by atoms with Crippen molar-refractivity contribution in [1.82, 2.24) is 29.5 Å². The van der Waals surface area contributed by atoms with Gasteiger partial charge in [-0.1, -0.05) is 17.8 Å². The first-order valence-corrected chi connectivity index (χ1v) is 13.4. The average molecular weight is 564 g/mol. The molecule has 11 nitrogen and oxygen atoms in total. The fourth-order valence-corrected chi connectivity index (χ4v) is 5.08. The molecule has 12 heteroatoms. The van der Waals surface area contributed by atoms with Gasteiger partial charge in [-0.3, -0.25) is 14.2 Å². The fourth-order valence-electron chi connectivity index (χ4n) is 5.08. The van der Waals surface area contributed by atoms with Crippen molar-refractivity contribution in [1.29, 1.82) is 0 Å². The van der Waals surface area contributed by atoms with E-state index in [0.29, 0.717) is 47.4 Å². The number of carbonyl (C=O) groups excluding carboxylic acids is 2. The number of alkyl halides is 1. The zero-order valence-electron chi connectivity index (χ0n) is 23.3. The normalized spacial score (nSPS) is 18.0. The van der Waals surface area contributed by atoms with E-state index in [-0.39, 0.29) is 36.1 Å². The lowest BCUT2D eigenvalue weighted by molar-refractivity contribution is 0.0615. The minimum atomic E-state index is -1.03. The number of hydrogen-bond donors (Lipinski definition) is 3. The van der Waals surface area contributed by atoms with Crippen molar-refractivity contribution in [2.45, 2.75) is 51.2 Å². The SMILES string of the molecule is C=CC(=O)n1c(-c2noc(CNC(=O)c3ccn(CC(C)(C)O)c3)n2)cc2c(NC3CCN(C)CC3F)cccc21. The number of likely N-dealkylation sites (tertiary alicyclic amines) is 1. The lowest BCUT2D eigenvalue weighted by atomic mass is 10.0. The number of hydrogen-bond acceptors (Lipinski definition) is 8. The number of nitrogens with one attached hydrogen (secondary N) is 2. The smallest absolute Gasteiger partial charge is 0.255 e. The van der Waals surface area contributed by atoms with Crippen LogP contribution in [0.3, 0.4) is 0 Å². The number of rotatable bonds is 9. The van der Waals surface area contributed by atoms with E-state index in [1.807, 2.05) is 18.0 Å². The Balaban J connectivity index is 1.37. The topological polar surface area (TPSA) is 130 Å². The number of aliphatic hydroxyl groups is 1. The van der Waals surface area contributed by atoms with Gasteiger partial charge < -0.3 is 29.7 Å². The second-order valence-electron chi connectivity index (χ2n) is 11.0. The number of allylic oxidation sites excluding steroid dienone is 1. The van der Waals surface area contributed by atoms with Crippen molar-refractivity contribution in [3.05, 3.63) is 66.8 Å². The third kappa shape index (κ3) is 6.23. The molecule has 1 saturated heterocycles. The van der Waals surface area contributed by atoms with Crippen LogP contribution < -0.4 is 10.6 Å². The van der Waals surface area contributed by atoms with Crippen molar-refractivity contribution in [3.8, 4) is 11.5 Å². The van der Waals surface area contributed by atoms with Gasteiger partial charge in [-0.15, -0.1) is 0 Å². The van der Waals surface area contributed by atoms with Crippen LogP contribution in [0.1, 0.15) is 41.3 Å². The molecule has 4 aromatic rings. The number of aromatic nitrogens is 4. The van der Waals surface area contributed by atoms with Crippen molar-refractivity contribution < 1.29 is 23.6 Å². The lowest BCUT2D eigenvalue weighted by Gasteiger charge is -2.33. The summed E-state index contributed by atoms with van der Waals surface area (Å²) in [5.41, 5.74) is 1.18. The Labute approximate surface area is 236 Å². The summed E-state index contributed by atoms with van der Waals surface area (Å²) >= 11 is 0. The van der Waals surface area contributed by atoms with Crippen molar-refractivity contribution in [2.75, 3.05) is 25.5 Å². The molecule has 41 heavy (non-hydrogen) atoms. The van der Waals surface area contributed by atoms with Crippen LogP contribution in [0, 0.1) is 0 Å². The summed E-state index contributed by atoms with van der Waals surface area (Å²) in [4.78, 5) is 32.0. The van der Waals surface area contributed by atoms with E-state index in [4.69, 9.17) is 4.52 Å². The molecular formula is C29H34FN7O4. The molecule has 3 aromatic heterocycles. The lowest BCUT2D eigenvalue weighted by Crippen LogP contribution is -2.46. The van der Waals surface area contributed by atoms with Gasteiger partial charge in [0.25, 0.3) is 11.8 Å². The molecule has 216 valence electrons. The maximum Gasteiger partial charge on any atom is 0.255 e. The molecule has 1 fully saturated rings. The maximum atomic E-state index is 14.8. The highest BCUT2D eigenvalue weighted by Crippen LogP contribution is 2.33. The summed E-state index contributed by atoms with van der Waals surface area (Å²) in [6, 6.07) is 8.51. The number of anilines is 1. The molecule has 4 heterocycles. The van der Waals surface area contributed by atoms with Gasteiger partial charge in [0.05, 0.1) is 41.5 Å². The van der Waals surface area contributed by atoms with E-state index in [2.05, 4.69) is 27.4 Å². The highest BCUT2D eigenvalue weighted by Gasteiger charge is 2.28. The molecule has 0 radical (unpaired) electrons. The van der Waals surface area contributed by atoms with Gasteiger partial charge in [-0.2, -0.15) is 4.98 Å². The number of halogens is 1. The zero-order valence-corrected chi connectivity index (χ0v) is 23.3. The molecule has 2 atom stereocenters. The minimum Gasteiger partial charge on any atom is -0.389 e. The first-order valence-electron chi connectivity index (χ1n) is 13.4. The Bertz CT molecular complexity index is 1580. The van der Waals surface area contributed by atoms with Crippen LogP contribution in [0.25, 0.3) is 22.4 Å². The van der Waals surface area contributed by atoms with Gasteiger partial charge in [0.2, 0.25) is 11.7 Å². The summed E-state index contributed by atoms with van der Waals surface area (Å²) < 4.78 is 23.3. The van der Waals surface area contributed by atoms with Crippen molar-refractivity contribution >= 4 is 28.4 Å². The van der Waals surface area contributed by atoms with Gasteiger partial charge in [-0.25, -0.2) is 4.39 Å². The maximum absolute atomic E-state index is 14.8. The Morgan fingerprint density at radius 1 is 1.32 bits per heavy atom. The molecule has 1 aromatic carbocycles. The minimum absolute atomic E-state index is 0.0288. The Morgan fingerprint density at radius 2 is 2.12 bits per heavy atom. The van der Waals surface area contributed by atoms with Gasteiger partial charge in [0, 0.05) is 36.6 Å². The van der Waals surface area contributed by atoms with Crippen LogP contribution >= 0.6 is 0 Å². The Kier molecular flexibility index (Phi) is 7.78. The summed E-state index contributed by atoms with van der Waals surface area (Å²) in [5.74, 6) is -0.418. The monoisotopic (exact) mass is 563 g/mol. The number of piperidine rings is 1. The van der Waals surface area contributed by atoms with Crippen LogP contribution in [0.2, 0.25) is 0 Å². The quantitative estimate of drug-likeness (QED) is 0.264. The van der Waals surface area contributed by atoms with Gasteiger partial charge in [0.15, 0.2) is 0 Å². The average Bonchev–Trinajstić information content (AvgIpc) is 3.66. The summed E-state index contributed by atoms with van der Waals surface area (Å²) in [7, 11) is 1.90. The molecule has 2 unspecified atom stereocenters. The zero-order chi connectivity index (χ0) is 29.3. The van der Waals surface area contributed by atoms with Crippen LogP contribution in [-0.2, 0) is 13.1 Å². The number of carbonyl (C=O) groups is 2. The molecule has 5 rings (SSSR count). The number of fused-ring (bicyclic) bond motifs is 1. The third-order valence-electron chi connectivity index (χ3n) is 7.01. The van der Waals surface area contributed by atoms with E-state index >= 15 is 0 Å². The molecule has 1 aliphatic heterocycles. The number of amides is 1. The van der Waals surface area contributed by atoms with Crippen LogP contribution in [0.15, 0.2) is 59.9 Å². The Hall–Kier alpha value is -4.29. The van der Waals surface area contributed by atoms with E-state index < -0.39 is 11.8 Å². The molecule has 0 saturated carbocycles. The molecule has 0 aliphatic carbocycles. The summed E-state index contributed by atoms with van der Waals surface area (Å²) in [6.07, 6.45) is 4.18. The largest absolute Gasteiger partial charge is 0.389 e. The highest BCUT2D eigenvalue weighted by atomic mass is 19.1. The second kappa shape index (κ2) is 11.3. The molecule has 3 N–H and O–H groups in total. The summed E-state index contributed by atoms with van der Waals surface area (Å²) in [5, 5.41) is 20.8. The van der Waals surface area contributed by atoms with Gasteiger partial charge in [0.1, 0.15) is 6.17 Å². The van der Waals surface area contributed by atoms with E-state index in [0.717, 1.165) is 6.54 Å². The van der Waals surface area contributed by atoms with Crippen molar-refractivity contribution in [2.24, 2.45) is 0 Å². The molecule has 0 bridgehead atoms. The van der Waals surface area contributed by atoms with Gasteiger partial charge in [-0.05, 0) is 57.7 Å². The van der Waals surface area contributed by atoms with E-state index in [1.54, 1.807) is 55.1 Å². The first-order chi connectivity index (χ1) is 19.5. The van der Waals surface area contributed by atoms with E-state index in [9.17, 15) is 19.1 Å². The van der Waals surface area contributed by atoms with Crippen molar-refractivity contribution in [3.63, 3.8) is 0 Å². The van der Waals surface area contributed by atoms with Crippen LogP contribution in [0.4, 0.5) is 10.1 Å². The molecule has 0 spiro atoms.